The van der Waals surface area contributed by atoms with E-state index in [1.165, 1.54) is 37.6 Å². The molecule has 0 fully saturated rings. The van der Waals surface area contributed by atoms with Crippen LogP contribution in [0.2, 0.25) is 0 Å². The van der Waals surface area contributed by atoms with E-state index in [2.05, 4.69) is 15.2 Å². The molecule has 0 aliphatic heterocycles. The molecule has 0 aliphatic rings. The Balaban J connectivity index is 1.67. The van der Waals surface area contributed by atoms with Gasteiger partial charge < -0.3 is 9.64 Å². The van der Waals surface area contributed by atoms with Crippen molar-refractivity contribution in [2.24, 2.45) is 5.10 Å². The lowest BCUT2D eigenvalue weighted by molar-refractivity contribution is 0.0955. The summed E-state index contributed by atoms with van der Waals surface area (Å²) in [5.74, 6) is 0.0912. The first kappa shape index (κ1) is 22.8. The molecule has 0 unspecified atom stereocenters. The lowest BCUT2D eigenvalue weighted by atomic mass is 10.2. The van der Waals surface area contributed by atoms with Crippen LogP contribution in [-0.2, 0) is 10.0 Å². The SMILES string of the molecule is COc1ccc(NS(=O)(=O)c2cccc(C(=O)NN=Cc3ccc(N(C)C)cc3)c2)cc1. The highest BCUT2D eigenvalue weighted by Gasteiger charge is 2.16. The maximum Gasteiger partial charge on any atom is 0.271 e. The maximum atomic E-state index is 12.7. The van der Waals surface area contributed by atoms with Gasteiger partial charge in [-0.2, -0.15) is 5.10 Å². The van der Waals surface area contributed by atoms with Crippen LogP contribution in [0.3, 0.4) is 0 Å². The van der Waals surface area contributed by atoms with Crippen molar-refractivity contribution in [2.45, 2.75) is 4.90 Å². The number of amides is 1. The van der Waals surface area contributed by atoms with Crippen LogP contribution in [0.15, 0.2) is 82.8 Å². The second kappa shape index (κ2) is 9.97. The molecule has 3 aromatic carbocycles. The number of anilines is 2. The monoisotopic (exact) mass is 452 g/mol. The number of carbonyl (C=O) groups is 1. The number of rotatable bonds is 8. The number of nitrogens with one attached hydrogen (secondary N) is 2. The summed E-state index contributed by atoms with van der Waals surface area (Å²) in [6.07, 6.45) is 1.52. The van der Waals surface area contributed by atoms with E-state index in [9.17, 15) is 13.2 Å². The van der Waals surface area contributed by atoms with Crippen molar-refractivity contribution >= 4 is 33.5 Å². The van der Waals surface area contributed by atoms with Gasteiger partial charge in [-0.05, 0) is 60.2 Å². The predicted molar refractivity (Wildman–Crippen MR) is 126 cm³/mol. The lowest BCUT2D eigenvalue weighted by Crippen LogP contribution is -2.19. The molecule has 0 spiro atoms. The van der Waals surface area contributed by atoms with Crippen molar-refractivity contribution in [2.75, 3.05) is 30.8 Å². The van der Waals surface area contributed by atoms with E-state index in [0.717, 1.165) is 11.3 Å². The molecule has 0 saturated carbocycles. The summed E-state index contributed by atoms with van der Waals surface area (Å²) < 4.78 is 32.9. The molecule has 0 heterocycles. The zero-order valence-corrected chi connectivity index (χ0v) is 18.8. The van der Waals surface area contributed by atoms with Gasteiger partial charge in [0.25, 0.3) is 15.9 Å². The Morgan fingerprint density at radius 3 is 2.31 bits per heavy atom. The largest absolute Gasteiger partial charge is 0.497 e. The van der Waals surface area contributed by atoms with Crippen LogP contribution >= 0.6 is 0 Å². The van der Waals surface area contributed by atoms with Crippen LogP contribution in [0.4, 0.5) is 11.4 Å². The van der Waals surface area contributed by atoms with Gasteiger partial charge in [-0.3, -0.25) is 9.52 Å². The molecule has 0 saturated heterocycles. The smallest absolute Gasteiger partial charge is 0.271 e. The molecule has 9 heteroatoms. The van der Waals surface area contributed by atoms with Crippen LogP contribution in [-0.4, -0.2) is 41.7 Å². The first-order valence-corrected chi connectivity index (χ1v) is 11.1. The lowest BCUT2D eigenvalue weighted by Gasteiger charge is -2.11. The zero-order chi connectivity index (χ0) is 23.1. The molecule has 8 nitrogen and oxygen atoms in total. The van der Waals surface area contributed by atoms with Crippen molar-refractivity contribution in [3.05, 3.63) is 83.9 Å². The Hall–Kier alpha value is -3.85. The normalized spacial score (nSPS) is 11.2. The summed E-state index contributed by atoms with van der Waals surface area (Å²) in [7, 11) is 1.55. The predicted octanol–water partition coefficient (Wildman–Crippen LogP) is 3.33. The van der Waals surface area contributed by atoms with E-state index >= 15 is 0 Å². The van der Waals surface area contributed by atoms with Gasteiger partial charge in [-0.15, -0.1) is 0 Å². The van der Waals surface area contributed by atoms with Crippen LogP contribution < -0.4 is 19.8 Å². The first-order valence-electron chi connectivity index (χ1n) is 9.66. The highest BCUT2D eigenvalue weighted by atomic mass is 32.2. The number of hydrogen-bond donors (Lipinski definition) is 2. The number of hydrogen-bond acceptors (Lipinski definition) is 6. The van der Waals surface area contributed by atoms with E-state index in [1.807, 2.05) is 43.3 Å². The number of benzene rings is 3. The fourth-order valence-corrected chi connectivity index (χ4v) is 3.87. The Kier molecular flexibility index (Phi) is 7.11. The number of sulfonamides is 1. The van der Waals surface area contributed by atoms with E-state index in [0.29, 0.717) is 11.4 Å². The molecule has 32 heavy (non-hydrogen) atoms. The Morgan fingerprint density at radius 2 is 1.69 bits per heavy atom. The third-order valence-corrected chi connectivity index (χ3v) is 5.92. The van der Waals surface area contributed by atoms with Gasteiger partial charge in [-0.25, -0.2) is 13.8 Å². The van der Waals surface area contributed by atoms with Crippen LogP contribution in [0.1, 0.15) is 15.9 Å². The summed E-state index contributed by atoms with van der Waals surface area (Å²) in [4.78, 5) is 14.4. The van der Waals surface area contributed by atoms with Crippen molar-refractivity contribution in [1.29, 1.82) is 0 Å². The standard InChI is InChI=1S/C23H24N4O4S/c1-27(2)20-11-7-17(8-12-20)16-24-25-23(28)18-5-4-6-22(15-18)32(29,30)26-19-9-13-21(31-3)14-10-19/h4-16,26H,1-3H3,(H,25,28). The summed E-state index contributed by atoms with van der Waals surface area (Å²) in [5, 5.41) is 3.95. The molecule has 0 aliphatic carbocycles. The van der Waals surface area contributed by atoms with Gasteiger partial charge in [0.2, 0.25) is 0 Å². The first-order chi connectivity index (χ1) is 15.3. The topological polar surface area (TPSA) is 100 Å². The average Bonchev–Trinajstić information content (AvgIpc) is 2.79. The summed E-state index contributed by atoms with van der Waals surface area (Å²) >= 11 is 0. The van der Waals surface area contributed by atoms with Gasteiger partial charge in [0.15, 0.2) is 0 Å². The molecule has 3 rings (SSSR count). The van der Waals surface area contributed by atoms with Gasteiger partial charge in [0.05, 0.1) is 18.2 Å². The molecule has 0 aromatic heterocycles. The Bertz CT molecular complexity index is 1210. The molecule has 0 bridgehead atoms. The number of hydrazone groups is 1. The van der Waals surface area contributed by atoms with Crippen LogP contribution in [0.5, 0.6) is 5.75 Å². The van der Waals surface area contributed by atoms with Crippen molar-refractivity contribution in [3.63, 3.8) is 0 Å². The molecular weight excluding hydrogens is 428 g/mol. The molecule has 0 radical (unpaired) electrons. The van der Waals surface area contributed by atoms with Crippen LogP contribution in [0, 0.1) is 0 Å². The number of nitrogens with zero attached hydrogens (tertiary/aromatic N) is 2. The molecule has 1 amide bonds. The van der Waals surface area contributed by atoms with Gasteiger partial charge in [0, 0.05) is 31.0 Å². The molecule has 0 atom stereocenters. The van der Waals surface area contributed by atoms with E-state index in [-0.39, 0.29) is 10.5 Å². The molecular formula is C23H24N4O4S. The van der Waals surface area contributed by atoms with Crippen molar-refractivity contribution < 1.29 is 17.9 Å². The number of ether oxygens (including phenoxy) is 1. The number of carbonyl (C=O) groups excluding carboxylic acids is 1. The van der Waals surface area contributed by atoms with Gasteiger partial charge in [0.1, 0.15) is 5.75 Å². The van der Waals surface area contributed by atoms with Crippen LogP contribution in [0.25, 0.3) is 0 Å². The minimum absolute atomic E-state index is 0.0378. The zero-order valence-electron chi connectivity index (χ0n) is 17.9. The third-order valence-electron chi connectivity index (χ3n) is 4.54. The summed E-state index contributed by atoms with van der Waals surface area (Å²) in [6, 6.07) is 19.8. The third kappa shape index (κ3) is 5.86. The minimum Gasteiger partial charge on any atom is -0.497 e. The second-order valence-electron chi connectivity index (χ2n) is 7.05. The molecule has 2 N–H and O–H groups in total. The quantitative estimate of drug-likeness (QED) is 0.403. The van der Waals surface area contributed by atoms with Crippen molar-refractivity contribution in [3.8, 4) is 5.75 Å². The van der Waals surface area contributed by atoms with E-state index in [4.69, 9.17) is 4.74 Å². The second-order valence-corrected chi connectivity index (χ2v) is 8.73. The molecule has 3 aromatic rings. The summed E-state index contributed by atoms with van der Waals surface area (Å²) in [6.45, 7) is 0. The minimum atomic E-state index is -3.88. The highest BCUT2D eigenvalue weighted by Crippen LogP contribution is 2.20. The average molecular weight is 453 g/mol. The fourth-order valence-electron chi connectivity index (χ4n) is 2.77. The van der Waals surface area contributed by atoms with E-state index in [1.54, 1.807) is 24.3 Å². The Labute approximate surface area is 187 Å². The van der Waals surface area contributed by atoms with Crippen molar-refractivity contribution in [1.82, 2.24) is 5.43 Å². The highest BCUT2D eigenvalue weighted by molar-refractivity contribution is 7.92. The summed E-state index contributed by atoms with van der Waals surface area (Å²) in [5.41, 5.74) is 4.83. The maximum absolute atomic E-state index is 12.7. The molecule has 166 valence electrons. The Morgan fingerprint density at radius 1 is 1.00 bits per heavy atom. The van der Waals surface area contributed by atoms with E-state index < -0.39 is 15.9 Å². The number of methoxy groups -OCH3 is 1. The van der Waals surface area contributed by atoms with Gasteiger partial charge >= 0.3 is 0 Å². The fraction of sp³-hybridized carbons (Fsp3) is 0.130. The van der Waals surface area contributed by atoms with Gasteiger partial charge in [-0.1, -0.05) is 18.2 Å².